The summed E-state index contributed by atoms with van der Waals surface area (Å²) in [5, 5.41) is 2.00. The molecule has 0 saturated heterocycles. The summed E-state index contributed by atoms with van der Waals surface area (Å²) >= 11 is 4.98. The summed E-state index contributed by atoms with van der Waals surface area (Å²) in [6, 6.07) is 9.50. The molecule has 2 nitrogen and oxygen atoms in total. The standard InChI is InChI=1S/C11H6O2S/c14-10-4-2-7-1-3-9-8(5-6-12-9)11(7)13-10/h1-6H. The second-order valence-corrected chi connectivity index (χ2v) is 3.47. The van der Waals surface area contributed by atoms with Gasteiger partial charge < -0.3 is 8.83 Å². The highest BCUT2D eigenvalue weighted by atomic mass is 32.1. The maximum Gasteiger partial charge on any atom is 0.190 e. The number of hydrogen-bond donors (Lipinski definition) is 0. The average molecular weight is 202 g/mol. The van der Waals surface area contributed by atoms with Gasteiger partial charge in [-0.1, -0.05) is 0 Å². The monoisotopic (exact) mass is 202 g/mol. The Hall–Kier alpha value is -1.61. The molecular formula is C11H6O2S. The fourth-order valence-electron chi connectivity index (χ4n) is 1.57. The van der Waals surface area contributed by atoms with E-state index in [9.17, 15) is 0 Å². The predicted molar refractivity (Wildman–Crippen MR) is 56.8 cm³/mol. The molecule has 0 fully saturated rings. The fraction of sp³-hybridized carbons (Fsp3) is 0. The first-order valence-electron chi connectivity index (χ1n) is 4.25. The van der Waals surface area contributed by atoms with Crippen LogP contribution in [-0.2, 0) is 0 Å². The molecule has 0 radical (unpaired) electrons. The first-order chi connectivity index (χ1) is 6.84. The Kier molecular flexibility index (Phi) is 1.49. The largest absolute Gasteiger partial charge is 0.464 e. The van der Waals surface area contributed by atoms with E-state index in [0.717, 1.165) is 21.9 Å². The van der Waals surface area contributed by atoms with Gasteiger partial charge in [-0.25, -0.2) is 0 Å². The van der Waals surface area contributed by atoms with E-state index in [4.69, 9.17) is 21.1 Å². The fourth-order valence-corrected chi connectivity index (χ4v) is 1.72. The van der Waals surface area contributed by atoms with Gasteiger partial charge in [0.25, 0.3) is 0 Å². The van der Waals surface area contributed by atoms with Crippen molar-refractivity contribution in [1.82, 2.24) is 0 Å². The van der Waals surface area contributed by atoms with Gasteiger partial charge in [0.2, 0.25) is 0 Å². The molecule has 0 atom stereocenters. The van der Waals surface area contributed by atoms with Crippen LogP contribution >= 0.6 is 12.2 Å². The van der Waals surface area contributed by atoms with Crippen LogP contribution in [0.1, 0.15) is 0 Å². The van der Waals surface area contributed by atoms with Crippen molar-refractivity contribution in [3.63, 3.8) is 0 Å². The van der Waals surface area contributed by atoms with Crippen molar-refractivity contribution in [2.45, 2.75) is 0 Å². The van der Waals surface area contributed by atoms with Crippen molar-refractivity contribution in [2.75, 3.05) is 0 Å². The zero-order chi connectivity index (χ0) is 9.54. The molecular weight excluding hydrogens is 196 g/mol. The van der Waals surface area contributed by atoms with Crippen LogP contribution in [0.3, 0.4) is 0 Å². The molecule has 0 bridgehead atoms. The summed E-state index contributed by atoms with van der Waals surface area (Å²) in [5.41, 5.74) is 1.62. The summed E-state index contributed by atoms with van der Waals surface area (Å²) in [6.45, 7) is 0. The lowest BCUT2D eigenvalue weighted by Crippen LogP contribution is -1.73. The topological polar surface area (TPSA) is 26.3 Å². The van der Waals surface area contributed by atoms with Crippen LogP contribution in [0, 0.1) is 4.71 Å². The van der Waals surface area contributed by atoms with E-state index in [-0.39, 0.29) is 0 Å². The molecule has 68 valence electrons. The van der Waals surface area contributed by atoms with E-state index in [0.29, 0.717) is 4.71 Å². The second kappa shape index (κ2) is 2.69. The van der Waals surface area contributed by atoms with E-state index in [1.54, 1.807) is 12.3 Å². The lowest BCUT2D eigenvalue weighted by molar-refractivity contribution is 0.588. The maximum atomic E-state index is 5.49. The third-order valence-electron chi connectivity index (χ3n) is 2.22. The normalized spacial score (nSPS) is 11.1. The molecule has 0 aliphatic carbocycles. The SMILES string of the molecule is S=c1ccc2ccc3occc3c2o1. The smallest absolute Gasteiger partial charge is 0.190 e. The van der Waals surface area contributed by atoms with Gasteiger partial charge in [0.05, 0.1) is 11.6 Å². The highest BCUT2D eigenvalue weighted by Crippen LogP contribution is 2.25. The third-order valence-corrected chi connectivity index (χ3v) is 2.44. The van der Waals surface area contributed by atoms with Gasteiger partial charge in [-0.05, 0) is 42.5 Å². The second-order valence-electron chi connectivity index (χ2n) is 3.07. The zero-order valence-corrected chi connectivity index (χ0v) is 8.01. The molecule has 3 heteroatoms. The lowest BCUT2D eigenvalue weighted by Gasteiger charge is -1.96. The minimum Gasteiger partial charge on any atom is -0.464 e. The van der Waals surface area contributed by atoms with Crippen molar-refractivity contribution in [2.24, 2.45) is 0 Å². The average Bonchev–Trinajstić information content (AvgIpc) is 2.65. The molecule has 0 aliphatic rings. The molecule has 0 amide bonds. The zero-order valence-electron chi connectivity index (χ0n) is 7.19. The minimum absolute atomic E-state index is 0.492. The highest BCUT2D eigenvalue weighted by Gasteiger charge is 2.03. The van der Waals surface area contributed by atoms with E-state index in [1.807, 2.05) is 24.3 Å². The van der Waals surface area contributed by atoms with Crippen molar-refractivity contribution in [1.29, 1.82) is 0 Å². The van der Waals surface area contributed by atoms with Crippen LogP contribution in [0.2, 0.25) is 0 Å². The number of hydrogen-bond acceptors (Lipinski definition) is 3. The molecule has 1 aromatic carbocycles. The summed E-state index contributed by atoms with van der Waals surface area (Å²) in [5.74, 6) is 0. The summed E-state index contributed by atoms with van der Waals surface area (Å²) in [7, 11) is 0. The van der Waals surface area contributed by atoms with Gasteiger partial charge in [0.15, 0.2) is 4.71 Å². The van der Waals surface area contributed by atoms with E-state index in [1.165, 1.54) is 0 Å². The van der Waals surface area contributed by atoms with Crippen LogP contribution < -0.4 is 0 Å². The van der Waals surface area contributed by atoms with Gasteiger partial charge in [-0.2, -0.15) is 0 Å². The number of furan rings is 1. The van der Waals surface area contributed by atoms with Crippen molar-refractivity contribution in [3.05, 3.63) is 41.3 Å². The Bertz CT molecular complexity index is 663. The maximum absolute atomic E-state index is 5.49. The predicted octanol–water partition coefficient (Wildman–Crippen LogP) is 3.91. The quantitative estimate of drug-likeness (QED) is 0.517. The number of fused-ring (bicyclic) bond motifs is 3. The summed E-state index contributed by atoms with van der Waals surface area (Å²) < 4.78 is 11.3. The first-order valence-corrected chi connectivity index (χ1v) is 4.65. The molecule has 2 aromatic heterocycles. The molecule has 3 aromatic rings. The van der Waals surface area contributed by atoms with Crippen LogP contribution in [0.4, 0.5) is 0 Å². The Balaban J connectivity index is 2.66. The molecule has 14 heavy (non-hydrogen) atoms. The number of rotatable bonds is 0. The molecule has 0 spiro atoms. The van der Waals surface area contributed by atoms with Crippen LogP contribution in [-0.4, -0.2) is 0 Å². The van der Waals surface area contributed by atoms with Gasteiger partial charge in [0.1, 0.15) is 11.2 Å². The first kappa shape index (κ1) is 7.76. The van der Waals surface area contributed by atoms with Gasteiger partial charge in [0, 0.05) is 5.39 Å². The molecule has 3 rings (SSSR count). The Morgan fingerprint density at radius 2 is 1.86 bits per heavy atom. The molecule has 0 N–H and O–H groups in total. The van der Waals surface area contributed by atoms with Crippen molar-refractivity contribution in [3.8, 4) is 0 Å². The lowest BCUT2D eigenvalue weighted by atomic mass is 10.2. The van der Waals surface area contributed by atoms with Gasteiger partial charge >= 0.3 is 0 Å². The summed E-state index contributed by atoms with van der Waals surface area (Å²) in [4.78, 5) is 0. The van der Waals surface area contributed by atoms with Gasteiger partial charge in [-0.15, -0.1) is 0 Å². The Morgan fingerprint density at radius 1 is 1.00 bits per heavy atom. The minimum atomic E-state index is 0.492. The summed E-state index contributed by atoms with van der Waals surface area (Å²) in [6.07, 6.45) is 1.65. The molecule has 0 saturated carbocycles. The molecule has 0 unspecified atom stereocenters. The van der Waals surface area contributed by atoms with E-state index >= 15 is 0 Å². The van der Waals surface area contributed by atoms with Crippen molar-refractivity contribution >= 4 is 34.2 Å². The molecule has 0 aliphatic heterocycles. The molecule has 2 heterocycles. The van der Waals surface area contributed by atoms with Crippen LogP contribution in [0.25, 0.3) is 21.9 Å². The van der Waals surface area contributed by atoms with Crippen LogP contribution in [0.15, 0.2) is 45.4 Å². The Labute approximate surface area is 84.8 Å². The van der Waals surface area contributed by atoms with Gasteiger partial charge in [-0.3, -0.25) is 0 Å². The van der Waals surface area contributed by atoms with E-state index in [2.05, 4.69) is 0 Å². The Morgan fingerprint density at radius 3 is 2.79 bits per heavy atom. The van der Waals surface area contributed by atoms with E-state index < -0.39 is 0 Å². The number of benzene rings is 1. The highest BCUT2D eigenvalue weighted by molar-refractivity contribution is 7.71. The van der Waals surface area contributed by atoms with Crippen molar-refractivity contribution < 1.29 is 8.83 Å². The third kappa shape index (κ3) is 0.992. The van der Waals surface area contributed by atoms with Crippen LogP contribution in [0.5, 0.6) is 0 Å².